The molecule has 4 nitrogen and oxygen atoms in total. The molecule has 6 heteroatoms. The van der Waals surface area contributed by atoms with E-state index >= 15 is 0 Å². The number of carbonyl (C=O) groups excluding carboxylic acids is 1. The van der Waals surface area contributed by atoms with Crippen molar-refractivity contribution < 1.29 is 9.53 Å². The minimum Gasteiger partial charge on any atom is -0.484 e. The van der Waals surface area contributed by atoms with Crippen LogP contribution in [0.1, 0.15) is 34.5 Å². The standard InChI is InChI=1S/C19H19BrN2O2S/c1-10-16-14(6-7-15-17(16)22-11(2)25-15)24-18(10)19(23)21-9-12-4-3-5-13(20)8-12/h3-5,8,10,18H,6-7,9H2,1-2H3,(H,21,23). The highest BCUT2D eigenvalue weighted by atomic mass is 79.9. The molecule has 2 aliphatic rings. The van der Waals surface area contributed by atoms with E-state index in [0.29, 0.717) is 6.54 Å². The zero-order valence-corrected chi connectivity index (χ0v) is 16.5. The van der Waals surface area contributed by atoms with E-state index < -0.39 is 6.10 Å². The van der Waals surface area contributed by atoms with Gasteiger partial charge in [-0.3, -0.25) is 4.79 Å². The average Bonchev–Trinajstić information content (AvgIpc) is 3.12. The van der Waals surface area contributed by atoms with Crippen LogP contribution >= 0.6 is 27.3 Å². The third-order valence-corrected chi connectivity index (χ3v) is 6.26. The normalized spacial score (nSPS) is 21.6. The number of nitrogens with one attached hydrogen (secondary N) is 1. The van der Waals surface area contributed by atoms with Crippen molar-refractivity contribution in [1.82, 2.24) is 10.3 Å². The summed E-state index contributed by atoms with van der Waals surface area (Å²) in [4.78, 5) is 18.7. The first-order chi connectivity index (χ1) is 12.0. The second-order valence-electron chi connectivity index (χ2n) is 6.52. The summed E-state index contributed by atoms with van der Waals surface area (Å²) in [6, 6.07) is 7.94. The van der Waals surface area contributed by atoms with Crippen LogP contribution in [0.3, 0.4) is 0 Å². The Morgan fingerprint density at radius 1 is 1.44 bits per heavy atom. The molecule has 1 aromatic carbocycles. The Kier molecular flexibility index (Phi) is 4.41. The van der Waals surface area contributed by atoms with Crippen molar-refractivity contribution in [2.75, 3.05) is 0 Å². The minimum atomic E-state index is -0.467. The molecule has 0 fully saturated rings. The highest BCUT2D eigenvalue weighted by Crippen LogP contribution is 2.45. The van der Waals surface area contributed by atoms with Crippen LogP contribution in [-0.4, -0.2) is 17.0 Å². The number of rotatable bonds is 3. The fourth-order valence-corrected chi connectivity index (χ4v) is 4.96. The predicted molar refractivity (Wildman–Crippen MR) is 102 cm³/mol. The Bertz CT molecular complexity index is 874. The molecule has 4 rings (SSSR count). The van der Waals surface area contributed by atoms with Crippen LogP contribution in [0.5, 0.6) is 0 Å². The third-order valence-electron chi connectivity index (χ3n) is 4.73. The van der Waals surface area contributed by atoms with Crippen molar-refractivity contribution >= 4 is 38.7 Å². The van der Waals surface area contributed by atoms with Gasteiger partial charge < -0.3 is 10.1 Å². The summed E-state index contributed by atoms with van der Waals surface area (Å²) in [5.74, 6) is 0.918. The average molecular weight is 419 g/mol. The Labute approximate surface area is 159 Å². The number of aromatic nitrogens is 1. The van der Waals surface area contributed by atoms with Gasteiger partial charge >= 0.3 is 0 Å². The van der Waals surface area contributed by atoms with Crippen molar-refractivity contribution in [3.63, 3.8) is 0 Å². The van der Waals surface area contributed by atoms with E-state index in [1.54, 1.807) is 11.3 Å². The number of hydrogen-bond acceptors (Lipinski definition) is 4. The third kappa shape index (κ3) is 3.13. The fraction of sp³-hybridized carbons (Fsp3) is 0.368. The number of thiazole rings is 1. The fourth-order valence-electron chi connectivity index (χ4n) is 3.56. The SMILES string of the molecule is Cc1nc2c(s1)CCC1=C2C(C)C(C(=O)NCc2cccc(Br)c2)O1. The van der Waals surface area contributed by atoms with Gasteiger partial charge in [-0.1, -0.05) is 35.0 Å². The molecule has 130 valence electrons. The first kappa shape index (κ1) is 16.8. The topological polar surface area (TPSA) is 51.2 Å². The van der Waals surface area contributed by atoms with Crippen LogP contribution in [-0.2, 0) is 22.5 Å². The second-order valence-corrected chi connectivity index (χ2v) is 8.72. The van der Waals surface area contributed by atoms with Gasteiger partial charge in [0.15, 0.2) is 6.10 Å². The highest BCUT2D eigenvalue weighted by Gasteiger charge is 2.42. The van der Waals surface area contributed by atoms with Gasteiger partial charge in [0.25, 0.3) is 5.91 Å². The molecule has 1 amide bonds. The van der Waals surface area contributed by atoms with Crippen molar-refractivity contribution in [2.24, 2.45) is 5.92 Å². The number of ether oxygens (including phenoxy) is 1. The van der Waals surface area contributed by atoms with Gasteiger partial charge in [-0.2, -0.15) is 0 Å². The quantitative estimate of drug-likeness (QED) is 0.811. The van der Waals surface area contributed by atoms with Gasteiger partial charge in [-0.25, -0.2) is 4.98 Å². The number of allylic oxidation sites excluding steroid dienone is 1. The van der Waals surface area contributed by atoms with Crippen molar-refractivity contribution in [3.8, 4) is 0 Å². The van der Waals surface area contributed by atoms with E-state index in [2.05, 4.69) is 33.2 Å². The Balaban J connectivity index is 1.47. The van der Waals surface area contributed by atoms with Gasteiger partial charge in [0, 0.05) is 33.8 Å². The number of amides is 1. The molecule has 0 bridgehead atoms. The lowest BCUT2D eigenvalue weighted by Gasteiger charge is -2.17. The molecule has 0 spiro atoms. The number of carbonyl (C=O) groups is 1. The Hall–Kier alpha value is -1.66. The number of benzene rings is 1. The van der Waals surface area contributed by atoms with Crippen LogP contribution in [0.4, 0.5) is 0 Å². The number of halogens is 1. The van der Waals surface area contributed by atoms with Crippen LogP contribution in [0.25, 0.3) is 5.57 Å². The lowest BCUT2D eigenvalue weighted by molar-refractivity contribution is -0.131. The summed E-state index contributed by atoms with van der Waals surface area (Å²) in [5, 5.41) is 4.09. The molecule has 1 aromatic heterocycles. The summed E-state index contributed by atoms with van der Waals surface area (Å²) >= 11 is 5.21. The summed E-state index contributed by atoms with van der Waals surface area (Å²) < 4.78 is 7.05. The van der Waals surface area contributed by atoms with E-state index in [-0.39, 0.29) is 11.8 Å². The summed E-state index contributed by atoms with van der Waals surface area (Å²) in [6.45, 7) is 4.60. The molecule has 0 saturated carbocycles. The molecule has 0 saturated heterocycles. The molecule has 2 unspecified atom stereocenters. The summed E-state index contributed by atoms with van der Waals surface area (Å²) in [6.07, 6.45) is 1.35. The zero-order valence-electron chi connectivity index (χ0n) is 14.1. The lowest BCUT2D eigenvalue weighted by atomic mass is 9.89. The first-order valence-electron chi connectivity index (χ1n) is 8.41. The largest absolute Gasteiger partial charge is 0.484 e. The maximum Gasteiger partial charge on any atom is 0.261 e. The van der Waals surface area contributed by atoms with E-state index in [1.165, 1.54) is 4.88 Å². The van der Waals surface area contributed by atoms with E-state index in [9.17, 15) is 4.79 Å². The molecule has 2 atom stereocenters. The summed E-state index contributed by atoms with van der Waals surface area (Å²) in [5.41, 5.74) is 3.25. The van der Waals surface area contributed by atoms with Gasteiger partial charge in [-0.05, 0) is 31.0 Å². The van der Waals surface area contributed by atoms with Crippen LogP contribution in [0.2, 0.25) is 0 Å². The van der Waals surface area contributed by atoms with Crippen LogP contribution in [0.15, 0.2) is 34.5 Å². The molecular formula is C19H19BrN2O2S. The molecule has 1 aliphatic carbocycles. The molecule has 1 aliphatic heterocycles. The van der Waals surface area contributed by atoms with Gasteiger partial charge in [0.2, 0.25) is 0 Å². The lowest BCUT2D eigenvalue weighted by Crippen LogP contribution is -2.37. The van der Waals surface area contributed by atoms with Crippen LogP contribution < -0.4 is 5.32 Å². The zero-order chi connectivity index (χ0) is 17.6. The highest BCUT2D eigenvalue weighted by molar-refractivity contribution is 9.10. The Morgan fingerprint density at radius 3 is 3.08 bits per heavy atom. The molecule has 25 heavy (non-hydrogen) atoms. The van der Waals surface area contributed by atoms with Gasteiger partial charge in [0.1, 0.15) is 5.76 Å². The Morgan fingerprint density at radius 2 is 2.28 bits per heavy atom. The minimum absolute atomic E-state index is 0.0260. The molecule has 2 aromatic rings. The molecule has 0 radical (unpaired) electrons. The monoisotopic (exact) mass is 418 g/mol. The predicted octanol–water partition coefficient (Wildman–Crippen LogP) is 4.22. The van der Waals surface area contributed by atoms with Crippen molar-refractivity contribution in [2.45, 2.75) is 39.3 Å². The second kappa shape index (κ2) is 6.57. The van der Waals surface area contributed by atoms with Gasteiger partial charge in [0.05, 0.1) is 10.7 Å². The van der Waals surface area contributed by atoms with E-state index in [0.717, 1.165) is 44.9 Å². The molecular weight excluding hydrogens is 400 g/mol. The number of hydrogen-bond donors (Lipinski definition) is 1. The number of nitrogens with zero attached hydrogens (tertiary/aromatic N) is 1. The first-order valence-corrected chi connectivity index (χ1v) is 10.0. The molecule has 1 N–H and O–H groups in total. The smallest absolute Gasteiger partial charge is 0.261 e. The maximum absolute atomic E-state index is 12.7. The van der Waals surface area contributed by atoms with E-state index in [1.807, 2.05) is 31.2 Å². The van der Waals surface area contributed by atoms with Crippen molar-refractivity contribution in [1.29, 1.82) is 0 Å². The van der Waals surface area contributed by atoms with E-state index in [4.69, 9.17) is 4.74 Å². The van der Waals surface area contributed by atoms with Gasteiger partial charge in [-0.15, -0.1) is 11.3 Å². The number of fused-ring (bicyclic) bond motifs is 2. The van der Waals surface area contributed by atoms with Crippen molar-refractivity contribution in [3.05, 3.63) is 55.6 Å². The molecule has 2 heterocycles. The van der Waals surface area contributed by atoms with Crippen LogP contribution in [0, 0.1) is 12.8 Å². The number of aryl methyl sites for hydroxylation is 2. The maximum atomic E-state index is 12.7. The summed E-state index contributed by atoms with van der Waals surface area (Å²) in [7, 11) is 0.